The minimum absolute atomic E-state index is 0.211. The van der Waals surface area contributed by atoms with Crippen LogP contribution in [0.4, 0.5) is 0 Å². The number of hydrogen-bond donors (Lipinski definition) is 1. The number of benzene rings is 1. The Kier molecular flexibility index (Phi) is 3.94. The predicted octanol–water partition coefficient (Wildman–Crippen LogP) is 2.24. The van der Waals surface area contributed by atoms with Crippen LogP contribution in [0.1, 0.15) is 30.3 Å². The molecule has 0 saturated heterocycles. The number of ether oxygens (including phenoxy) is 1. The molecule has 0 aliphatic carbocycles. The third-order valence-corrected chi connectivity index (χ3v) is 2.74. The Bertz CT molecular complexity index is 493. The van der Waals surface area contributed by atoms with Crippen LogP contribution >= 0.6 is 0 Å². The van der Waals surface area contributed by atoms with Gasteiger partial charge in [0.2, 0.25) is 11.8 Å². The molecule has 2 rings (SSSR count). The van der Waals surface area contributed by atoms with Crippen molar-refractivity contribution in [3.8, 4) is 5.75 Å². The lowest BCUT2D eigenvalue weighted by Crippen LogP contribution is -2.18. The molecule has 0 fully saturated rings. The van der Waals surface area contributed by atoms with E-state index >= 15 is 0 Å². The number of hydrogen-bond acceptors (Lipinski definition) is 5. The Morgan fingerprint density at radius 3 is 2.56 bits per heavy atom. The van der Waals surface area contributed by atoms with E-state index in [0.717, 1.165) is 5.75 Å². The van der Waals surface area contributed by atoms with E-state index in [9.17, 15) is 0 Å². The van der Waals surface area contributed by atoms with Crippen LogP contribution in [0, 0.1) is 6.92 Å². The molecular weight excluding hydrogens is 230 g/mol. The summed E-state index contributed by atoms with van der Waals surface area (Å²) >= 11 is 0. The number of aromatic nitrogens is 2. The van der Waals surface area contributed by atoms with Gasteiger partial charge in [-0.1, -0.05) is 12.1 Å². The number of aryl methyl sites for hydroxylation is 1. The maximum absolute atomic E-state index is 5.30. The molecule has 1 N–H and O–H groups in total. The molecule has 0 aliphatic rings. The maximum atomic E-state index is 5.30. The van der Waals surface area contributed by atoms with Crippen LogP contribution < -0.4 is 10.1 Å². The van der Waals surface area contributed by atoms with Crippen LogP contribution in [0.3, 0.4) is 0 Å². The summed E-state index contributed by atoms with van der Waals surface area (Å²) in [5.74, 6) is 2.05. The topological polar surface area (TPSA) is 60.2 Å². The molecule has 1 aromatic carbocycles. The Morgan fingerprint density at radius 1 is 1.28 bits per heavy atom. The zero-order valence-electron chi connectivity index (χ0n) is 10.8. The molecule has 0 unspecified atom stereocenters. The minimum Gasteiger partial charge on any atom is -0.497 e. The molecular formula is C13H17N3O2. The van der Waals surface area contributed by atoms with Gasteiger partial charge in [0.05, 0.1) is 13.7 Å². The summed E-state index contributed by atoms with van der Waals surface area (Å²) in [7, 11) is 1.66. The van der Waals surface area contributed by atoms with Crippen molar-refractivity contribution < 1.29 is 9.15 Å². The highest BCUT2D eigenvalue weighted by Gasteiger charge is 2.07. The van der Waals surface area contributed by atoms with Crippen molar-refractivity contribution in [2.45, 2.75) is 26.4 Å². The van der Waals surface area contributed by atoms with Gasteiger partial charge in [-0.15, -0.1) is 10.2 Å². The monoisotopic (exact) mass is 247 g/mol. The van der Waals surface area contributed by atoms with Crippen LogP contribution in [0.2, 0.25) is 0 Å². The first-order valence-electron chi connectivity index (χ1n) is 5.85. The summed E-state index contributed by atoms with van der Waals surface area (Å²) in [5, 5.41) is 11.1. The van der Waals surface area contributed by atoms with Crippen LogP contribution in [-0.2, 0) is 6.54 Å². The van der Waals surface area contributed by atoms with Crippen LogP contribution in [0.15, 0.2) is 28.7 Å². The Hall–Kier alpha value is -1.88. The van der Waals surface area contributed by atoms with Crippen molar-refractivity contribution in [1.82, 2.24) is 15.5 Å². The summed E-state index contributed by atoms with van der Waals surface area (Å²) < 4.78 is 10.4. The van der Waals surface area contributed by atoms with E-state index < -0.39 is 0 Å². The summed E-state index contributed by atoms with van der Waals surface area (Å²) in [4.78, 5) is 0. The quantitative estimate of drug-likeness (QED) is 0.878. The van der Waals surface area contributed by atoms with Gasteiger partial charge in [-0.2, -0.15) is 0 Å². The third kappa shape index (κ3) is 3.07. The highest BCUT2D eigenvalue weighted by Crippen LogP contribution is 2.17. The van der Waals surface area contributed by atoms with Crippen LogP contribution in [0.5, 0.6) is 5.75 Å². The molecule has 0 saturated carbocycles. The van der Waals surface area contributed by atoms with Gasteiger partial charge in [-0.05, 0) is 24.6 Å². The fourth-order valence-corrected chi connectivity index (χ4v) is 1.66. The SMILES string of the molecule is COc1ccc([C@@H](C)NCc2nnc(C)o2)cc1. The van der Waals surface area contributed by atoms with E-state index in [-0.39, 0.29) is 6.04 Å². The summed E-state index contributed by atoms with van der Waals surface area (Å²) in [6.07, 6.45) is 0. The molecule has 1 atom stereocenters. The molecule has 1 heterocycles. The van der Waals surface area contributed by atoms with Gasteiger partial charge in [0.25, 0.3) is 0 Å². The Labute approximate surface area is 106 Å². The van der Waals surface area contributed by atoms with E-state index in [1.807, 2.05) is 24.3 Å². The first-order chi connectivity index (χ1) is 8.69. The summed E-state index contributed by atoms with van der Waals surface area (Å²) in [5.41, 5.74) is 1.19. The normalized spacial score (nSPS) is 12.4. The van der Waals surface area contributed by atoms with Gasteiger partial charge in [-0.3, -0.25) is 0 Å². The van der Waals surface area contributed by atoms with Gasteiger partial charge >= 0.3 is 0 Å². The fraction of sp³-hybridized carbons (Fsp3) is 0.385. The van der Waals surface area contributed by atoms with Crippen LogP contribution in [-0.4, -0.2) is 17.3 Å². The van der Waals surface area contributed by atoms with Crippen molar-refractivity contribution in [2.24, 2.45) is 0 Å². The lowest BCUT2D eigenvalue weighted by atomic mass is 10.1. The highest BCUT2D eigenvalue weighted by atomic mass is 16.5. The molecule has 0 spiro atoms. The third-order valence-electron chi connectivity index (χ3n) is 2.74. The molecule has 0 radical (unpaired) electrons. The average Bonchev–Trinajstić information content (AvgIpc) is 2.82. The second kappa shape index (κ2) is 5.64. The molecule has 2 aromatic rings. The Balaban J connectivity index is 1.92. The zero-order chi connectivity index (χ0) is 13.0. The van der Waals surface area contributed by atoms with Crippen molar-refractivity contribution in [2.75, 3.05) is 7.11 Å². The molecule has 0 bridgehead atoms. The Morgan fingerprint density at radius 2 is 2.00 bits per heavy atom. The van der Waals surface area contributed by atoms with E-state index in [1.165, 1.54) is 5.56 Å². The molecule has 18 heavy (non-hydrogen) atoms. The van der Waals surface area contributed by atoms with Crippen molar-refractivity contribution >= 4 is 0 Å². The van der Waals surface area contributed by atoms with Gasteiger partial charge in [0.15, 0.2) is 0 Å². The van der Waals surface area contributed by atoms with Gasteiger partial charge in [0.1, 0.15) is 5.75 Å². The van der Waals surface area contributed by atoms with Gasteiger partial charge in [0, 0.05) is 13.0 Å². The van der Waals surface area contributed by atoms with E-state index in [1.54, 1.807) is 14.0 Å². The zero-order valence-corrected chi connectivity index (χ0v) is 10.8. The average molecular weight is 247 g/mol. The smallest absolute Gasteiger partial charge is 0.230 e. The molecule has 96 valence electrons. The fourth-order valence-electron chi connectivity index (χ4n) is 1.66. The largest absolute Gasteiger partial charge is 0.497 e. The predicted molar refractivity (Wildman–Crippen MR) is 67.3 cm³/mol. The lowest BCUT2D eigenvalue weighted by molar-refractivity contribution is 0.413. The van der Waals surface area contributed by atoms with Gasteiger partial charge < -0.3 is 14.5 Å². The van der Waals surface area contributed by atoms with E-state index in [2.05, 4.69) is 22.4 Å². The summed E-state index contributed by atoms with van der Waals surface area (Å²) in [6, 6.07) is 8.18. The molecule has 0 amide bonds. The van der Waals surface area contributed by atoms with E-state index in [0.29, 0.717) is 18.3 Å². The molecule has 0 aliphatic heterocycles. The first-order valence-corrected chi connectivity index (χ1v) is 5.85. The molecule has 5 nitrogen and oxygen atoms in total. The number of rotatable bonds is 5. The second-order valence-electron chi connectivity index (χ2n) is 4.09. The first kappa shape index (κ1) is 12.6. The lowest BCUT2D eigenvalue weighted by Gasteiger charge is -2.13. The number of nitrogens with one attached hydrogen (secondary N) is 1. The highest BCUT2D eigenvalue weighted by molar-refractivity contribution is 5.28. The summed E-state index contributed by atoms with van der Waals surface area (Å²) in [6.45, 7) is 4.43. The number of nitrogens with zero attached hydrogens (tertiary/aromatic N) is 2. The standard InChI is InChI=1S/C13H17N3O2/c1-9(11-4-6-12(17-3)7-5-11)14-8-13-16-15-10(2)18-13/h4-7,9,14H,8H2,1-3H3/t9-/m1/s1. The van der Waals surface area contributed by atoms with Crippen LogP contribution in [0.25, 0.3) is 0 Å². The van der Waals surface area contributed by atoms with Crippen molar-refractivity contribution in [3.63, 3.8) is 0 Å². The number of methoxy groups -OCH3 is 1. The molecule has 5 heteroatoms. The minimum atomic E-state index is 0.211. The van der Waals surface area contributed by atoms with Crippen molar-refractivity contribution in [3.05, 3.63) is 41.6 Å². The maximum Gasteiger partial charge on any atom is 0.230 e. The van der Waals surface area contributed by atoms with Crippen molar-refractivity contribution in [1.29, 1.82) is 0 Å². The molecule has 1 aromatic heterocycles. The van der Waals surface area contributed by atoms with E-state index in [4.69, 9.17) is 9.15 Å². The second-order valence-corrected chi connectivity index (χ2v) is 4.09. The van der Waals surface area contributed by atoms with Gasteiger partial charge in [-0.25, -0.2) is 0 Å².